The zero-order valence-corrected chi connectivity index (χ0v) is 12.2. The molecule has 2 fully saturated rings. The summed E-state index contributed by atoms with van der Waals surface area (Å²) in [6.07, 6.45) is 1.93. The molecule has 3 atom stereocenters. The Hall–Kier alpha value is -1.10. The molecule has 0 amide bonds. The van der Waals surface area contributed by atoms with Gasteiger partial charge in [-0.15, -0.1) is 0 Å². The minimum atomic E-state index is 0.344. The number of benzene rings is 1. The van der Waals surface area contributed by atoms with Crippen LogP contribution in [-0.4, -0.2) is 43.7 Å². The minimum Gasteiger partial charge on any atom is -0.508 e. The first kappa shape index (κ1) is 15.3. The molecule has 4 nitrogen and oxygen atoms in total. The number of rotatable bonds is 6. The molecule has 4 heteroatoms. The van der Waals surface area contributed by atoms with Crippen LogP contribution >= 0.6 is 0 Å². The van der Waals surface area contributed by atoms with Gasteiger partial charge in [-0.2, -0.15) is 0 Å². The van der Waals surface area contributed by atoms with Gasteiger partial charge in [0.05, 0.1) is 26.4 Å². The standard InChI is InChI=1S/C10H14O.C6H10O3/c1-3-8(2)9-4-6-10(11)7-5-9;1(5-3-8-5)7-2-6-4-9-6/h4-8,11H,3H2,1-2H3;5-6H,1-4H2. The van der Waals surface area contributed by atoms with Gasteiger partial charge in [-0.1, -0.05) is 26.0 Å². The Bertz CT molecular complexity index is 370. The Kier molecular flexibility index (Phi) is 5.83. The predicted molar refractivity (Wildman–Crippen MR) is 77.1 cm³/mol. The van der Waals surface area contributed by atoms with Crippen LogP contribution in [0.3, 0.4) is 0 Å². The maximum absolute atomic E-state index is 9.01. The van der Waals surface area contributed by atoms with Crippen LogP contribution in [0.4, 0.5) is 0 Å². The van der Waals surface area contributed by atoms with Crippen molar-refractivity contribution in [1.82, 2.24) is 0 Å². The first-order valence-electron chi connectivity index (χ1n) is 7.29. The summed E-state index contributed by atoms with van der Waals surface area (Å²) in [5, 5.41) is 9.01. The number of hydrogen-bond acceptors (Lipinski definition) is 4. The van der Waals surface area contributed by atoms with E-state index in [-0.39, 0.29) is 0 Å². The molecule has 3 unspecified atom stereocenters. The second-order valence-electron chi connectivity index (χ2n) is 5.35. The monoisotopic (exact) mass is 280 g/mol. The van der Waals surface area contributed by atoms with E-state index in [1.54, 1.807) is 12.1 Å². The molecule has 3 rings (SSSR count). The first-order valence-corrected chi connectivity index (χ1v) is 7.29. The highest BCUT2D eigenvalue weighted by Crippen LogP contribution is 2.20. The van der Waals surface area contributed by atoms with Gasteiger partial charge in [-0.3, -0.25) is 0 Å². The molecule has 2 aliphatic heterocycles. The second-order valence-corrected chi connectivity index (χ2v) is 5.35. The zero-order chi connectivity index (χ0) is 14.4. The fourth-order valence-electron chi connectivity index (χ4n) is 1.70. The zero-order valence-electron chi connectivity index (χ0n) is 12.2. The predicted octanol–water partition coefficient (Wildman–Crippen LogP) is 2.71. The lowest BCUT2D eigenvalue weighted by Crippen LogP contribution is -2.06. The second kappa shape index (κ2) is 7.62. The van der Waals surface area contributed by atoms with Gasteiger partial charge in [0.15, 0.2) is 0 Å². The average molecular weight is 280 g/mol. The van der Waals surface area contributed by atoms with E-state index >= 15 is 0 Å². The summed E-state index contributed by atoms with van der Waals surface area (Å²) in [5.41, 5.74) is 1.30. The van der Waals surface area contributed by atoms with Crippen molar-refractivity contribution in [1.29, 1.82) is 0 Å². The summed E-state index contributed by atoms with van der Waals surface area (Å²) >= 11 is 0. The first-order chi connectivity index (χ1) is 9.69. The Balaban J connectivity index is 0.000000149. The Morgan fingerprint density at radius 2 is 1.65 bits per heavy atom. The quantitative estimate of drug-likeness (QED) is 0.814. The topological polar surface area (TPSA) is 54.5 Å². The molecule has 0 aliphatic carbocycles. The molecule has 0 spiro atoms. The highest BCUT2D eigenvalue weighted by Gasteiger charge is 2.26. The highest BCUT2D eigenvalue weighted by atomic mass is 16.6. The largest absolute Gasteiger partial charge is 0.508 e. The van der Waals surface area contributed by atoms with Crippen LogP contribution in [0.25, 0.3) is 0 Å². The highest BCUT2D eigenvalue weighted by molar-refractivity contribution is 5.27. The maximum Gasteiger partial charge on any atom is 0.115 e. The van der Waals surface area contributed by atoms with Crippen LogP contribution < -0.4 is 0 Å². The van der Waals surface area contributed by atoms with Crippen molar-refractivity contribution in [3.63, 3.8) is 0 Å². The van der Waals surface area contributed by atoms with Crippen molar-refractivity contribution in [3.05, 3.63) is 29.8 Å². The van der Waals surface area contributed by atoms with Gasteiger partial charge in [0, 0.05) is 0 Å². The van der Waals surface area contributed by atoms with Crippen molar-refractivity contribution in [2.75, 3.05) is 26.4 Å². The SMILES string of the molecule is C(OCC1CO1)C1CO1.CCC(C)c1ccc(O)cc1. The third-order valence-electron chi connectivity index (χ3n) is 3.49. The summed E-state index contributed by atoms with van der Waals surface area (Å²) in [6, 6.07) is 7.43. The van der Waals surface area contributed by atoms with Gasteiger partial charge in [-0.25, -0.2) is 0 Å². The molecular weight excluding hydrogens is 256 g/mol. The lowest BCUT2D eigenvalue weighted by Gasteiger charge is -2.07. The number of phenols is 1. The molecule has 0 bridgehead atoms. The summed E-state index contributed by atoms with van der Waals surface area (Å²) in [6.45, 7) is 7.61. The molecule has 0 radical (unpaired) electrons. The Morgan fingerprint density at radius 1 is 1.15 bits per heavy atom. The van der Waals surface area contributed by atoms with Gasteiger partial charge >= 0.3 is 0 Å². The molecule has 2 saturated heterocycles. The third-order valence-corrected chi connectivity index (χ3v) is 3.49. The van der Waals surface area contributed by atoms with E-state index in [2.05, 4.69) is 13.8 Å². The molecule has 1 N–H and O–H groups in total. The maximum atomic E-state index is 9.01. The molecule has 2 aliphatic rings. The van der Waals surface area contributed by atoms with Gasteiger partial charge < -0.3 is 19.3 Å². The van der Waals surface area contributed by atoms with E-state index in [1.165, 1.54) is 5.56 Å². The van der Waals surface area contributed by atoms with E-state index in [4.69, 9.17) is 19.3 Å². The van der Waals surface area contributed by atoms with E-state index in [1.807, 2.05) is 12.1 Å². The van der Waals surface area contributed by atoms with Crippen LogP contribution in [0.1, 0.15) is 31.7 Å². The number of phenolic OH excluding ortho intramolecular Hbond substituents is 1. The number of hydrogen-bond donors (Lipinski definition) is 1. The van der Waals surface area contributed by atoms with Crippen LogP contribution in [0, 0.1) is 0 Å². The average Bonchev–Trinajstić information content (AvgIpc) is 3.34. The van der Waals surface area contributed by atoms with Gasteiger partial charge in [0.2, 0.25) is 0 Å². The molecule has 0 aromatic heterocycles. The normalized spacial score (nSPS) is 24.5. The van der Waals surface area contributed by atoms with Gasteiger partial charge in [-0.05, 0) is 30.0 Å². The van der Waals surface area contributed by atoms with Crippen molar-refractivity contribution < 1.29 is 19.3 Å². The fraction of sp³-hybridized carbons (Fsp3) is 0.625. The molecule has 1 aromatic carbocycles. The van der Waals surface area contributed by atoms with Crippen molar-refractivity contribution in [2.45, 2.75) is 38.4 Å². The lowest BCUT2D eigenvalue weighted by molar-refractivity contribution is 0.102. The van der Waals surface area contributed by atoms with Crippen LogP contribution in [0.5, 0.6) is 5.75 Å². The van der Waals surface area contributed by atoms with Crippen molar-refractivity contribution in [2.24, 2.45) is 0 Å². The molecule has 20 heavy (non-hydrogen) atoms. The summed E-state index contributed by atoms with van der Waals surface area (Å²) in [7, 11) is 0. The summed E-state index contributed by atoms with van der Waals surface area (Å²) in [4.78, 5) is 0. The van der Waals surface area contributed by atoms with Crippen molar-refractivity contribution in [3.8, 4) is 5.75 Å². The molecule has 2 heterocycles. The molecule has 0 saturated carbocycles. The van der Waals surface area contributed by atoms with Gasteiger partial charge in [0.25, 0.3) is 0 Å². The van der Waals surface area contributed by atoms with Crippen LogP contribution in [-0.2, 0) is 14.2 Å². The van der Waals surface area contributed by atoms with E-state index < -0.39 is 0 Å². The smallest absolute Gasteiger partial charge is 0.115 e. The summed E-state index contributed by atoms with van der Waals surface area (Å²) < 4.78 is 15.1. The number of epoxide rings is 2. The summed E-state index contributed by atoms with van der Waals surface area (Å²) in [5.74, 6) is 0.938. The lowest BCUT2D eigenvalue weighted by atomic mass is 9.99. The minimum absolute atomic E-state index is 0.344. The number of ether oxygens (including phenoxy) is 3. The third kappa shape index (κ3) is 5.90. The van der Waals surface area contributed by atoms with E-state index in [9.17, 15) is 0 Å². The Labute approximate surface area is 120 Å². The fourth-order valence-corrected chi connectivity index (χ4v) is 1.70. The van der Waals surface area contributed by atoms with Crippen LogP contribution in [0.15, 0.2) is 24.3 Å². The molecule has 1 aromatic rings. The van der Waals surface area contributed by atoms with Crippen LogP contribution in [0.2, 0.25) is 0 Å². The van der Waals surface area contributed by atoms with Crippen molar-refractivity contribution >= 4 is 0 Å². The molecule has 112 valence electrons. The van der Waals surface area contributed by atoms with E-state index in [0.29, 0.717) is 23.9 Å². The Morgan fingerprint density at radius 3 is 2.05 bits per heavy atom. The molecular formula is C16H24O4. The number of aromatic hydroxyl groups is 1. The van der Waals surface area contributed by atoms with Gasteiger partial charge in [0.1, 0.15) is 18.0 Å². The van der Waals surface area contributed by atoms with E-state index in [0.717, 1.165) is 32.8 Å².